The van der Waals surface area contributed by atoms with Gasteiger partial charge in [0.25, 0.3) is 0 Å². The van der Waals surface area contributed by atoms with E-state index in [0.717, 1.165) is 12.8 Å². The minimum absolute atomic E-state index is 0.0232. The van der Waals surface area contributed by atoms with Crippen LogP contribution >= 0.6 is 0 Å². The Labute approximate surface area is 118 Å². The van der Waals surface area contributed by atoms with Crippen LogP contribution in [0.25, 0.3) is 0 Å². The second kappa shape index (κ2) is 8.50. The first-order valence-electron chi connectivity index (χ1n) is 6.38. The maximum absolute atomic E-state index is 10.9. The number of hydrogen-bond acceptors (Lipinski definition) is 4. The van der Waals surface area contributed by atoms with E-state index < -0.39 is 24.1 Å². The van der Waals surface area contributed by atoms with E-state index in [4.69, 9.17) is 14.9 Å². The molecule has 6 nitrogen and oxygen atoms in total. The SMILES string of the molecule is CCCCOC(C=C(C)C(=O)O)(C=C(C)C(=O)O)CO. The smallest absolute Gasteiger partial charge is 0.331 e. The molecule has 0 amide bonds. The van der Waals surface area contributed by atoms with E-state index in [-0.39, 0.29) is 11.1 Å². The van der Waals surface area contributed by atoms with Crippen LogP contribution in [-0.2, 0) is 14.3 Å². The number of unbranched alkanes of at least 4 members (excludes halogenated alkanes) is 1. The summed E-state index contributed by atoms with van der Waals surface area (Å²) in [6, 6.07) is 0. The number of carboxylic acid groups (broad SMARTS) is 2. The first-order valence-corrected chi connectivity index (χ1v) is 6.38. The summed E-state index contributed by atoms with van der Waals surface area (Å²) in [6.45, 7) is 4.44. The van der Waals surface area contributed by atoms with Crippen LogP contribution in [0.2, 0.25) is 0 Å². The van der Waals surface area contributed by atoms with Crippen LogP contribution in [0, 0.1) is 0 Å². The zero-order valence-corrected chi connectivity index (χ0v) is 12.0. The van der Waals surface area contributed by atoms with Gasteiger partial charge in [0.1, 0.15) is 5.60 Å². The molecule has 0 unspecified atom stereocenters. The lowest BCUT2D eigenvalue weighted by Gasteiger charge is -2.26. The number of aliphatic hydroxyl groups excluding tert-OH is 1. The highest BCUT2D eigenvalue weighted by Gasteiger charge is 2.27. The van der Waals surface area contributed by atoms with E-state index in [1.165, 1.54) is 26.0 Å². The molecule has 6 heteroatoms. The molecule has 0 spiro atoms. The van der Waals surface area contributed by atoms with Gasteiger partial charge in [-0.2, -0.15) is 0 Å². The van der Waals surface area contributed by atoms with Crippen LogP contribution in [0.1, 0.15) is 33.6 Å². The summed E-state index contributed by atoms with van der Waals surface area (Å²) in [5, 5.41) is 27.4. The topological polar surface area (TPSA) is 104 Å². The van der Waals surface area contributed by atoms with E-state index >= 15 is 0 Å². The Kier molecular flexibility index (Phi) is 7.79. The molecule has 0 aliphatic carbocycles. The third kappa shape index (κ3) is 5.99. The predicted molar refractivity (Wildman–Crippen MR) is 73.5 cm³/mol. The highest BCUT2D eigenvalue weighted by atomic mass is 16.5. The van der Waals surface area contributed by atoms with Crippen molar-refractivity contribution < 1.29 is 29.6 Å². The summed E-state index contributed by atoms with van der Waals surface area (Å²) in [6.07, 6.45) is 4.06. The van der Waals surface area contributed by atoms with Gasteiger partial charge in [0.15, 0.2) is 0 Å². The van der Waals surface area contributed by atoms with Crippen molar-refractivity contribution in [3.8, 4) is 0 Å². The summed E-state index contributed by atoms with van der Waals surface area (Å²) in [5.41, 5.74) is -1.48. The second-order valence-corrected chi connectivity index (χ2v) is 4.58. The van der Waals surface area contributed by atoms with Crippen LogP contribution in [0.3, 0.4) is 0 Å². The lowest BCUT2D eigenvalue weighted by molar-refractivity contribution is -0.133. The van der Waals surface area contributed by atoms with E-state index in [9.17, 15) is 14.7 Å². The predicted octanol–water partition coefficient (Wildman–Crippen LogP) is 1.60. The highest BCUT2D eigenvalue weighted by Crippen LogP contribution is 2.20. The number of aliphatic carboxylic acids is 2. The molecule has 0 fully saturated rings. The molecular weight excluding hydrogens is 264 g/mol. The second-order valence-electron chi connectivity index (χ2n) is 4.58. The van der Waals surface area contributed by atoms with Crippen molar-refractivity contribution in [3.63, 3.8) is 0 Å². The fourth-order valence-electron chi connectivity index (χ4n) is 1.52. The molecule has 0 aromatic rings. The fourth-order valence-corrected chi connectivity index (χ4v) is 1.52. The van der Waals surface area contributed by atoms with E-state index in [2.05, 4.69) is 0 Å². The van der Waals surface area contributed by atoms with Crippen LogP contribution in [-0.4, -0.2) is 46.1 Å². The lowest BCUT2D eigenvalue weighted by atomic mass is 9.98. The molecule has 0 radical (unpaired) electrons. The van der Waals surface area contributed by atoms with Crippen molar-refractivity contribution in [2.45, 2.75) is 39.2 Å². The highest BCUT2D eigenvalue weighted by molar-refractivity contribution is 5.87. The molecule has 0 aromatic heterocycles. The zero-order valence-electron chi connectivity index (χ0n) is 12.0. The third-order valence-electron chi connectivity index (χ3n) is 2.71. The minimum Gasteiger partial charge on any atom is -0.478 e. The van der Waals surface area contributed by atoms with Crippen LogP contribution < -0.4 is 0 Å². The van der Waals surface area contributed by atoms with Gasteiger partial charge in [0, 0.05) is 17.8 Å². The van der Waals surface area contributed by atoms with Crippen LogP contribution in [0.4, 0.5) is 0 Å². The van der Waals surface area contributed by atoms with Crippen molar-refractivity contribution in [3.05, 3.63) is 23.3 Å². The first-order chi connectivity index (χ1) is 9.28. The monoisotopic (exact) mass is 286 g/mol. The number of ether oxygens (including phenoxy) is 1. The third-order valence-corrected chi connectivity index (χ3v) is 2.71. The molecule has 3 N–H and O–H groups in total. The number of carboxylic acids is 2. The minimum atomic E-state index is -1.43. The molecule has 0 rings (SSSR count). The summed E-state index contributed by atoms with van der Waals surface area (Å²) in [5.74, 6) is -2.30. The molecule has 0 aliphatic rings. The molecule has 0 saturated carbocycles. The van der Waals surface area contributed by atoms with Crippen molar-refractivity contribution in [2.24, 2.45) is 0 Å². The van der Waals surface area contributed by atoms with Crippen LogP contribution in [0.5, 0.6) is 0 Å². The number of carbonyl (C=O) groups is 2. The van der Waals surface area contributed by atoms with Crippen molar-refractivity contribution >= 4 is 11.9 Å². The quantitative estimate of drug-likeness (QED) is 0.439. The molecule has 0 aromatic carbocycles. The Morgan fingerprint density at radius 3 is 1.85 bits per heavy atom. The summed E-state index contributed by atoms with van der Waals surface area (Å²) in [7, 11) is 0. The molecule has 0 heterocycles. The number of rotatable bonds is 9. The maximum Gasteiger partial charge on any atom is 0.331 e. The van der Waals surface area contributed by atoms with Gasteiger partial charge in [-0.25, -0.2) is 9.59 Å². The Morgan fingerprint density at radius 2 is 1.55 bits per heavy atom. The molecule has 0 aliphatic heterocycles. The summed E-state index contributed by atoms with van der Waals surface area (Å²) < 4.78 is 5.53. The fraction of sp³-hybridized carbons (Fsp3) is 0.571. The molecule has 0 atom stereocenters. The Bertz CT molecular complexity index is 378. The standard InChI is InChI=1S/C14H22O6/c1-4-5-6-20-14(9-15,7-10(2)12(16)17)8-11(3)13(18)19/h7-8,15H,4-6,9H2,1-3H3,(H,16,17)(H,18,19). The summed E-state index contributed by atoms with van der Waals surface area (Å²) in [4.78, 5) is 21.8. The van der Waals surface area contributed by atoms with Gasteiger partial charge in [0.05, 0.1) is 6.61 Å². The van der Waals surface area contributed by atoms with Crippen molar-refractivity contribution in [1.82, 2.24) is 0 Å². The number of hydrogen-bond donors (Lipinski definition) is 3. The van der Waals surface area contributed by atoms with Gasteiger partial charge in [-0.1, -0.05) is 13.3 Å². The molecule has 114 valence electrons. The van der Waals surface area contributed by atoms with Gasteiger partial charge in [-0.3, -0.25) is 0 Å². The summed E-state index contributed by atoms with van der Waals surface area (Å²) >= 11 is 0. The Balaban J connectivity index is 5.49. The van der Waals surface area contributed by atoms with Crippen LogP contribution in [0.15, 0.2) is 23.3 Å². The Morgan fingerprint density at radius 1 is 1.10 bits per heavy atom. The van der Waals surface area contributed by atoms with Gasteiger partial charge >= 0.3 is 11.9 Å². The largest absolute Gasteiger partial charge is 0.478 e. The van der Waals surface area contributed by atoms with E-state index in [1.54, 1.807) is 0 Å². The van der Waals surface area contributed by atoms with E-state index in [0.29, 0.717) is 6.61 Å². The molecular formula is C14H22O6. The maximum atomic E-state index is 10.9. The average molecular weight is 286 g/mol. The Hall–Kier alpha value is -1.66. The molecule has 0 saturated heterocycles. The first kappa shape index (κ1) is 18.3. The normalized spacial score (nSPS) is 15.8. The average Bonchev–Trinajstić information content (AvgIpc) is 2.38. The van der Waals surface area contributed by atoms with Crippen molar-refractivity contribution in [2.75, 3.05) is 13.2 Å². The number of aliphatic hydroxyl groups is 1. The molecule has 20 heavy (non-hydrogen) atoms. The van der Waals surface area contributed by atoms with Gasteiger partial charge in [-0.05, 0) is 32.4 Å². The van der Waals surface area contributed by atoms with Gasteiger partial charge in [0.2, 0.25) is 0 Å². The van der Waals surface area contributed by atoms with E-state index in [1.807, 2.05) is 6.92 Å². The zero-order chi connectivity index (χ0) is 15.8. The van der Waals surface area contributed by atoms with Crippen molar-refractivity contribution in [1.29, 1.82) is 0 Å². The van der Waals surface area contributed by atoms with Gasteiger partial charge < -0.3 is 20.1 Å². The lowest BCUT2D eigenvalue weighted by Crippen LogP contribution is -2.34. The molecule has 0 bridgehead atoms. The van der Waals surface area contributed by atoms with Gasteiger partial charge in [-0.15, -0.1) is 0 Å².